The molecule has 0 saturated heterocycles. The summed E-state index contributed by atoms with van der Waals surface area (Å²) < 4.78 is 0. The normalized spacial score (nSPS) is 10.4. The van der Waals surface area contributed by atoms with E-state index in [4.69, 9.17) is 5.11 Å². The number of carbonyl (C=O) groups excluding carboxylic acids is 2. The van der Waals surface area contributed by atoms with Gasteiger partial charge in [-0.15, -0.1) is 0 Å². The molecule has 0 aliphatic heterocycles. The molecule has 0 aromatic heterocycles. The Balaban J connectivity index is 2.09. The van der Waals surface area contributed by atoms with Crippen molar-refractivity contribution in [2.24, 2.45) is 0 Å². The molecule has 6 nitrogen and oxygen atoms in total. The van der Waals surface area contributed by atoms with Crippen LogP contribution in [0.25, 0.3) is 0 Å². The minimum Gasteiger partial charge on any atom is -0.478 e. The van der Waals surface area contributed by atoms with Crippen LogP contribution in [0.1, 0.15) is 17.3 Å². The Morgan fingerprint density at radius 3 is 2.20 bits per heavy atom. The molecule has 0 radical (unpaired) electrons. The van der Waals surface area contributed by atoms with E-state index >= 15 is 0 Å². The number of carbonyl (C=O) groups is 3. The lowest BCUT2D eigenvalue weighted by Gasteiger charge is -2.21. The molecule has 25 heavy (non-hydrogen) atoms. The van der Waals surface area contributed by atoms with Gasteiger partial charge >= 0.3 is 5.97 Å². The molecule has 2 rings (SSSR count). The third-order valence-corrected chi connectivity index (χ3v) is 3.41. The number of rotatable bonds is 6. The van der Waals surface area contributed by atoms with Gasteiger partial charge < -0.3 is 15.3 Å². The van der Waals surface area contributed by atoms with Crippen molar-refractivity contribution in [1.82, 2.24) is 0 Å². The van der Waals surface area contributed by atoms with Gasteiger partial charge in [-0.1, -0.05) is 18.2 Å². The minimum absolute atomic E-state index is 0.141. The largest absolute Gasteiger partial charge is 0.478 e. The summed E-state index contributed by atoms with van der Waals surface area (Å²) >= 11 is 0. The van der Waals surface area contributed by atoms with Crippen molar-refractivity contribution in [1.29, 1.82) is 0 Å². The lowest BCUT2D eigenvalue weighted by atomic mass is 10.1. The maximum atomic E-state index is 12.6. The summed E-state index contributed by atoms with van der Waals surface area (Å²) in [6, 6.07) is 15.8. The zero-order valence-corrected chi connectivity index (χ0v) is 13.7. The number of nitrogens with zero attached hydrogens (tertiary/aromatic N) is 1. The number of anilines is 2. The fourth-order valence-corrected chi connectivity index (χ4v) is 2.23. The molecule has 2 aromatic rings. The zero-order valence-electron chi connectivity index (χ0n) is 13.7. The molecule has 128 valence electrons. The standard InChI is InChI=1S/C19H18N2O4/c1-2-21(16-6-4-3-5-7-16)19(25)14-8-10-15(11-9-14)20-17(22)12-13-18(23)24/h3-13H,2H2,1H3,(H,20,22)(H,23,24). The molecular formula is C19H18N2O4. The van der Waals surface area contributed by atoms with Crippen LogP contribution in [0.2, 0.25) is 0 Å². The zero-order chi connectivity index (χ0) is 18.2. The van der Waals surface area contributed by atoms with E-state index in [9.17, 15) is 14.4 Å². The summed E-state index contributed by atoms with van der Waals surface area (Å²) in [6.45, 7) is 2.43. The molecule has 2 N–H and O–H groups in total. The number of para-hydroxylation sites is 1. The SMILES string of the molecule is CCN(C(=O)c1ccc(NC(=O)C=CC(=O)O)cc1)c1ccccc1. The molecule has 0 unspecified atom stereocenters. The van der Waals surface area contributed by atoms with Gasteiger partial charge in [-0.05, 0) is 43.3 Å². The van der Waals surface area contributed by atoms with Crippen molar-refractivity contribution in [2.45, 2.75) is 6.92 Å². The highest BCUT2D eigenvalue weighted by Crippen LogP contribution is 2.18. The van der Waals surface area contributed by atoms with Gasteiger partial charge in [-0.2, -0.15) is 0 Å². The molecule has 0 aliphatic carbocycles. The fourth-order valence-electron chi connectivity index (χ4n) is 2.23. The summed E-state index contributed by atoms with van der Waals surface area (Å²) in [5.74, 6) is -1.89. The van der Waals surface area contributed by atoms with Gasteiger partial charge in [0.2, 0.25) is 5.91 Å². The predicted molar refractivity (Wildman–Crippen MR) is 95.6 cm³/mol. The van der Waals surface area contributed by atoms with Crippen molar-refractivity contribution < 1.29 is 19.5 Å². The number of amides is 2. The molecule has 6 heteroatoms. The number of nitrogens with one attached hydrogen (secondary N) is 1. The molecule has 2 aromatic carbocycles. The van der Waals surface area contributed by atoms with E-state index in [1.165, 1.54) is 0 Å². The Morgan fingerprint density at radius 2 is 1.64 bits per heavy atom. The lowest BCUT2D eigenvalue weighted by molar-refractivity contribution is -0.131. The first kappa shape index (κ1) is 17.9. The van der Waals surface area contributed by atoms with Crippen LogP contribution < -0.4 is 10.2 Å². The third kappa shape index (κ3) is 5.04. The summed E-state index contributed by atoms with van der Waals surface area (Å²) in [6.07, 6.45) is 1.68. The Morgan fingerprint density at radius 1 is 1.00 bits per heavy atom. The van der Waals surface area contributed by atoms with Crippen LogP contribution >= 0.6 is 0 Å². The highest BCUT2D eigenvalue weighted by atomic mass is 16.4. The fraction of sp³-hybridized carbons (Fsp3) is 0.105. The van der Waals surface area contributed by atoms with Gasteiger partial charge in [0, 0.05) is 35.6 Å². The highest BCUT2D eigenvalue weighted by molar-refractivity contribution is 6.07. The quantitative estimate of drug-likeness (QED) is 0.793. The molecule has 2 amide bonds. The second-order valence-corrected chi connectivity index (χ2v) is 5.12. The third-order valence-electron chi connectivity index (χ3n) is 3.41. The number of carboxylic acids is 1. The first-order valence-corrected chi connectivity index (χ1v) is 7.70. The molecule has 0 fully saturated rings. The minimum atomic E-state index is -1.20. The van der Waals surface area contributed by atoms with Gasteiger partial charge in [-0.25, -0.2) is 4.79 Å². The Labute approximate surface area is 145 Å². The van der Waals surface area contributed by atoms with Crippen LogP contribution in [0, 0.1) is 0 Å². The van der Waals surface area contributed by atoms with E-state index in [1.807, 2.05) is 37.3 Å². The van der Waals surface area contributed by atoms with Crippen LogP contribution in [0.3, 0.4) is 0 Å². The van der Waals surface area contributed by atoms with Gasteiger partial charge in [0.05, 0.1) is 0 Å². The van der Waals surface area contributed by atoms with Gasteiger partial charge in [0.25, 0.3) is 5.91 Å². The maximum absolute atomic E-state index is 12.6. The van der Waals surface area contributed by atoms with E-state index in [1.54, 1.807) is 29.2 Å². The molecule has 0 saturated carbocycles. The highest BCUT2D eigenvalue weighted by Gasteiger charge is 2.15. The molecule has 0 bridgehead atoms. The van der Waals surface area contributed by atoms with E-state index in [-0.39, 0.29) is 5.91 Å². The summed E-state index contributed by atoms with van der Waals surface area (Å²) in [4.78, 5) is 36.2. The second-order valence-electron chi connectivity index (χ2n) is 5.12. The van der Waals surface area contributed by atoms with Crippen molar-refractivity contribution in [3.63, 3.8) is 0 Å². The van der Waals surface area contributed by atoms with E-state index in [0.29, 0.717) is 17.8 Å². The van der Waals surface area contributed by atoms with Crippen molar-refractivity contribution in [2.75, 3.05) is 16.8 Å². The Bertz CT molecular complexity index is 783. The van der Waals surface area contributed by atoms with Crippen molar-refractivity contribution in [3.8, 4) is 0 Å². The smallest absolute Gasteiger partial charge is 0.328 e. The van der Waals surface area contributed by atoms with Crippen LogP contribution in [0.15, 0.2) is 66.7 Å². The molecule has 0 atom stereocenters. The lowest BCUT2D eigenvalue weighted by Crippen LogP contribution is -2.30. The van der Waals surface area contributed by atoms with Gasteiger partial charge in [0.1, 0.15) is 0 Å². The van der Waals surface area contributed by atoms with Crippen LogP contribution in [-0.4, -0.2) is 29.4 Å². The van der Waals surface area contributed by atoms with Crippen molar-refractivity contribution >= 4 is 29.2 Å². The Hall–Kier alpha value is -3.41. The Kier molecular flexibility index (Phi) is 6.06. The molecular weight excluding hydrogens is 320 g/mol. The number of hydrogen-bond donors (Lipinski definition) is 2. The monoisotopic (exact) mass is 338 g/mol. The molecule has 0 heterocycles. The van der Waals surface area contributed by atoms with Crippen LogP contribution in [0.4, 0.5) is 11.4 Å². The maximum Gasteiger partial charge on any atom is 0.328 e. The molecule has 0 aliphatic rings. The number of hydrogen-bond acceptors (Lipinski definition) is 3. The van der Waals surface area contributed by atoms with Crippen LogP contribution in [-0.2, 0) is 9.59 Å². The van der Waals surface area contributed by atoms with E-state index in [2.05, 4.69) is 5.32 Å². The van der Waals surface area contributed by atoms with E-state index in [0.717, 1.165) is 17.8 Å². The second kappa shape index (κ2) is 8.44. The summed E-state index contributed by atoms with van der Waals surface area (Å²) in [7, 11) is 0. The van der Waals surface area contributed by atoms with E-state index < -0.39 is 11.9 Å². The van der Waals surface area contributed by atoms with Gasteiger partial charge in [-0.3, -0.25) is 9.59 Å². The number of aliphatic carboxylic acids is 1. The van der Waals surface area contributed by atoms with Crippen LogP contribution in [0.5, 0.6) is 0 Å². The average Bonchev–Trinajstić information content (AvgIpc) is 2.62. The van der Waals surface area contributed by atoms with Gasteiger partial charge in [0.15, 0.2) is 0 Å². The number of carboxylic acid groups (broad SMARTS) is 1. The first-order chi connectivity index (χ1) is 12.0. The average molecular weight is 338 g/mol. The predicted octanol–water partition coefficient (Wildman–Crippen LogP) is 2.93. The van der Waals surface area contributed by atoms with Crippen molar-refractivity contribution in [3.05, 3.63) is 72.3 Å². The number of benzene rings is 2. The topological polar surface area (TPSA) is 86.7 Å². The summed E-state index contributed by atoms with van der Waals surface area (Å²) in [5, 5.41) is 11.0. The summed E-state index contributed by atoms with van der Waals surface area (Å²) in [5.41, 5.74) is 1.77. The molecule has 0 spiro atoms. The first-order valence-electron chi connectivity index (χ1n) is 7.70.